The van der Waals surface area contributed by atoms with Crippen LogP contribution >= 0.6 is 11.6 Å². The largest absolute Gasteiger partial charge is 0.490 e. The molecule has 1 saturated carbocycles. The number of anilines is 1. The van der Waals surface area contributed by atoms with Gasteiger partial charge >= 0.3 is 0 Å². The predicted octanol–water partition coefficient (Wildman–Crippen LogP) is 6.27. The number of hydrogen-bond acceptors (Lipinski definition) is 6. The summed E-state index contributed by atoms with van der Waals surface area (Å²) in [6.45, 7) is 7.87. The van der Waals surface area contributed by atoms with Crippen LogP contribution in [0.15, 0.2) is 48.6 Å². The van der Waals surface area contributed by atoms with Gasteiger partial charge in [-0.2, -0.15) is 0 Å². The van der Waals surface area contributed by atoms with E-state index in [1.165, 1.54) is 11.1 Å². The lowest BCUT2D eigenvalue weighted by atomic mass is 9.68. The molecule has 6 rings (SSSR count). The summed E-state index contributed by atoms with van der Waals surface area (Å²) in [7, 11) is -3.95. The number of allylic oxidation sites excluding steroid dienone is 1. The summed E-state index contributed by atoms with van der Waals surface area (Å²) in [4.78, 5) is 15.9. The van der Waals surface area contributed by atoms with E-state index in [1.807, 2.05) is 39.0 Å². The molecule has 6 atom stereocenters. The van der Waals surface area contributed by atoms with Gasteiger partial charge in [0, 0.05) is 29.1 Å². The number of rotatable bonds is 2. The van der Waals surface area contributed by atoms with Gasteiger partial charge in [0.2, 0.25) is 10.0 Å². The van der Waals surface area contributed by atoms with Crippen LogP contribution < -0.4 is 14.4 Å². The van der Waals surface area contributed by atoms with Crippen LogP contribution in [-0.4, -0.2) is 50.5 Å². The van der Waals surface area contributed by atoms with Gasteiger partial charge in [0.1, 0.15) is 5.75 Å². The average molecular weight is 641 g/mol. The van der Waals surface area contributed by atoms with Crippen molar-refractivity contribution < 1.29 is 23.1 Å². The van der Waals surface area contributed by atoms with E-state index in [0.717, 1.165) is 42.8 Å². The minimum Gasteiger partial charge on any atom is -0.490 e. The summed E-state index contributed by atoms with van der Waals surface area (Å²) in [6, 6.07) is 11.4. The second-order valence-corrected chi connectivity index (χ2v) is 16.5. The van der Waals surface area contributed by atoms with E-state index < -0.39 is 27.3 Å². The lowest BCUT2D eigenvalue weighted by Crippen LogP contribution is -2.49. The third-order valence-corrected chi connectivity index (χ3v) is 12.3. The Kier molecular flexibility index (Phi) is 8.81. The number of fused-ring (bicyclic) bond motifs is 4. The van der Waals surface area contributed by atoms with Crippen LogP contribution in [0.25, 0.3) is 0 Å². The molecule has 4 aliphatic rings. The van der Waals surface area contributed by atoms with Crippen molar-refractivity contribution in [1.82, 2.24) is 4.72 Å². The second-order valence-electron chi connectivity index (χ2n) is 14.1. The maximum absolute atomic E-state index is 13.6. The topological polar surface area (TPSA) is 95.9 Å². The van der Waals surface area contributed by atoms with Gasteiger partial charge in [-0.1, -0.05) is 50.6 Å². The van der Waals surface area contributed by atoms with E-state index in [0.29, 0.717) is 43.9 Å². The van der Waals surface area contributed by atoms with Crippen molar-refractivity contribution in [3.8, 4) is 5.75 Å². The van der Waals surface area contributed by atoms with Crippen LogP contribution in [0.5, 0.6) is 5.75 Å². The van der Waals surface area contributed by atoms with Gasteiger partial charge in [-0.25, -0.2) is 13.1 Å². The van der Waals surface area contributed by atoms with Crippen LogP contribution in [0.4, 0.5) is 5.69 Å². The Morgan fingerprint density at radius 2 is 1.98 bits per heavy atom. The third-order valence-electron chi connectivity index (χ3n) is 10.3. The Bertz CT molecular complexity index is 1540. The summed E-state index contributed by atoms with van der Waals surface area (Å²) < 4.78 is 36.2. The van der Waals surface area contributed by atoms with Crippen molar-refractivity contribution in [2.75, 3.05) is 24.6 Å². The molecule has 0 unspecified atom stereocenters. The molecular weight excluding hydrogens is 596 g/mol. The summed E-state index contributed by atoms with van der Waals surface area (Å²) >= 11 is 6.40. The summed E-state index contributed by atoms with van der Waals surface area (Å²) in [5.74, 6) is 0.535. The number of benzene rings is 2. The van der Waals surface area contributed by atoms with Gasteiger partial charge in [-0.3, -0.25) is 4.79 Å². The number of sulfonamides is 1. The molecule has 1 spiro atoms. The first kappa shape index (κ1) is 31.4. The van der Waals surface area contributed by atoms with Crippen molar-refractivity contribution in [2.45, 2.75) is 82.5 Å². The maximum atomic E-state index is 13.6. The molecule has 0 radical (unpaired) electrons. The molecule has 1 fully saturated rings. The first-order valence-corrected chi connectivity index (χ1v) is 18.1. The SMILES string of the molecule is CC(C)C[C@H]1C[C@H](C)/C=C\[C@H](O)[C@@H]2CC[C@H]2CN2C[C@@]3(CCCc4cc(Cl)ccc43)COc3ccc(cc32)C(=O)NS1(=O)=O. The van der Waals surface area contributed by atoms with Gasteiger partial charge in [0.05, 0.1) is 23.6 Å². The zero-order valence-corrected chi connectivity index (χ0v) is 27.5. The number of aryl methyl sites for hydroxylation is 1. The molecule has 0 aromatic heterocycles. The molecule has 9 heteroatoms. The van der Waals surface area contributed by atoms with E-state index in [2.05, 4.69) is 21.8 Å². The number of ether oxygens (including phenoxy) is 1. The van der Waals surface area contributed by atoms with Crippen molar-refractivity contribution in [3.05, 3.63) is 70.3 Å². The quantitative estimate of drug-likeness (QED) is 0.376. The molecule has 1 amide bonds. The monoisotopic (exact) mass is 640 g/mol. The number of hydrogen-bond donors (Lipinski definition) is 2. The van der Waals surface area contributed by atoms with Gasteiger partial charge < -0.3 is 14.7 Å². The van der Waals surface area contributed by atoms with E-state index >= 15 is 0 Å². The smallest absolute Gasteiger partial charge is 0.264 e. The highest BCUT2D eigenvalue weighted by atomic mass is 35.5. The number of aliphatic hydroxyl groups is 1. The first-order valence-electron chi connectivity index (χ1n) is 16.2. The minimum absolute atomic E-state index is 0.0696. The minimum atomic E-state index is -3.95. The van der Waals surface area contributed by atoms with Crippen LogP contribution in [0.1, 0.15) is 80.8 Å². The predicted molar refractivity (Wildman–Crippen MR) is 175 cm³/mol. The Balaban J connectivity index is 1.42. The van der Waals surface area contributed by atoms with E-state index in [9.17, 15) is 18.3 Å². The fourth-order valence-corrected chi connectivity index (χ4v) is 9.83. The highest BCUT2D eigenvalue weighted by Gasteiger charge is 2.44. The molecular formula is C35H45ClN2O5S. The fourth-order valence-electron chi connectivity index (χ4n) is 7.90. The average Bonchev–Trinajstić information content (AvgIpc) is 3.10. The zero-order valence-electron chi connectivity index (χ0n) is 26.0. The Hall–Kier alpha value is -2.55. The Morgan fingerprint density at radius 3 is 2.73 bits per heavy atom. The number of halogens is 1. The standard InChI is InChI=1S/C35H45ClN2O5S/c1-22(2)15-28-16-23(3)6-12-32(39)29-10-7-26(29)19-38-20-35(14-4-5-24-17-27(36)9-11-30(24)35)21-43-33-13-8-25(18-31(33)38)34(40)37-44(28,41)42/h6,8-9,11-13,17-18,22-23,26,28-29,32,39H,4-5,7,10,14-16,19-21H2,1-3H3,(H,37,40)/b12-6-/t23-,26+,28+,29-,32+,35+/m1/s1. The molecule has 2 heterocycles. The molecule has 2 aliphatic carbocycles. The number of aliphatic hydroxyl groups excluding tert-OH is 1. The van der Waals surface area contributed by atoms with Crippen LogP contribution in [-0.2, 0) is 21.9 Å². The number of amides is 1. The summed E-state index contributed by atoms with van der Waals surface area (Å²) in [5.41, 5.74) is 3.34. The zero-order chi connectivity index (χ0) is 31.2. The second kappa shape index (κ2) is 12.3. The molecule has 7 nitrogen and oxygen atoms in total. The normalized spacial score (nSPS) is 32.5. The van der Waals surface area contributed by atoms with Gasteiger partial charge in [0.15, 0.2) is 0 Å². The van der Waals surface area contributed by atoms with Crippen molar-refractivity contribution in [1.29, 1.82) is 0 Å². The first-order chi connectivity index (χ1) is 20.9. The molecule has 2 aromatic carbocycles. The summed E-state index contributed by atoms with van der Waals surface area (Å²) in [5, 5.41) is 11.3. The fraction of sp³-hybridized carbons (Fsp3) is 0.571. The number of carbonyl (C=O) groups is 1. The molecule has 44 heavy (non-hydrogen) atoms. The molecule has 2 aromatic rings. The van der Waals surface area contributed by atoms with Crippen LogP contribution in [0, 0.1) is 23.7 Å². The highest BCUT2D eigenvalue weighted by Crippen LogP contribution is 2.46. The summed E-state index contributed by atoms with van der Waals surface area (Å²) in [6.07, 6.45) is 8.97. The molecule has 238 valence electrons. The van der Waals surface area contributed by atoms with Crippen molar-refractivity contribution in [2.24, 2.45) is 23.7 Å². The lowest BCUT2D eigenvalue weighted by Gasteiger charge is -2.45. The Morgan fingerprint density at radius 1 is 1.16 bits per heavy atom. The number of nitrogens with one attached hydrogen (secondary N) is 1. The Labute approximate surface area is 267 Å². The molecule has 2 aliphatic heterocycles. The van der Waals surface area contributed by atoms with Crippen LogP contribution in [0.3, 0.4) is 0 Å². The van der Waals surface area contributed by atoms with Gasteiger partial charge in [0.25, 0.3) is 5.91 Å². The van der Waals surface area contributed by atoms with Crippen molar-refractivity contribution >= 4 is 33.2 Å². The van der Waals surface area contributed by atoms with Gasteiger partial charge in [-0.15, -0.1) is 0 Å². The van der Waals surface area contributed by atoms with Gasteiger partial charge in [-0.05, 0) is 110 Å². The van der Waals surface area contributed by atoms with Crippen molar-refractivity contribution in [3.63, 3.8) is 0 Å². The van der Waals surface area contributed by atoms with E-state index in [1.54, 1.807) is 18.2 Å². The molecule has 2 bridgehead atoms. The lowest BCUT2D eigenvalue weighted by molar-refractivity contribution is 0.0454. The molecule has 0 saturated heterocycles. The molecule has 2 N–H and O–H groups in total. The number of nitrogens with zero attached hydrogens (tertiary/aromatic N) is 1. The number of carbonyl (C=O) groups excluding carboxylic acids is 1. The van der Waals surface area contributed by atoms with Crippen LogP contribution in [0.2, 0.25) is 5.02 Å². The van der Waals surface area contributed by atoms with E-state index in [4.69, 9.17) is 16.3 Å². The third kappa shape index (κ3) is 6.27. The highest BCUT2D eigenvalue weighted by molar-refractivity contribution is 7.90. The maximum Gasteiger partial charge on any atom is 0.264 e. The van der Waals surface area contributed by atoms with E-state index in [-0.39, 0.29) is 29.1 Å².